The van der Waals surface area contributed by atoms with Crippen molar-refractivity contribution in [2.24, 2.45) is 0 Å². The van der Waals surface area contributed by atoms with Gasteiger partial charge in [0, 0.05) is 55.4 Å². The van der Waals surface area contributed by atoms with Crippen molar-refractivity contribution in [3.63, 3.8) is 0 Å². The summed E-state index contributed by atoms with van der Waals surface area (Å²) in [4.78, 5) is 96.7. The van der Waals surface area contributed by atoms with E-state index in [2.05, 4.69) is 10.6 Å². The van der Waals surface area contributed by atoms with E-state index < -0.39 is 128 Å². The summed E-state index contributed by atoms with van der Waals surface area (Å²) < 4.78 is 77.0. The monoisotopic (exact) mass is 710 g/mol. The topological polar surface area (TPSA) is 234 Å². The highest BCUT2D eigenvalue weighted by atomic mass is 19.3. The Hall–Kier alpha value is -4.46. The van der Waals surface area contributed by atoms with E-state index in [0.717, 1.165) is 55.4 Å². The van der Waals surface area contributed by atoms with Gasteiger partial charge in [0.1, 0.15) is 49.7 Å². The standard InChI is InChI=1S/C29H40F2N2O16/c1-11(34)32-21-25(46-17(7)40)23(44-15(5)38)19(9-42-13(3)36)48-27(21)29(30,31)28-22(33-12(2)35)26(47-18(8)41)24(45-16(6)39)20(49-28)10-43-14(4)37/h19-28H,9-10H2,1-8H3,(H,32,34)(H,33,35)/t19-,20-,21-,22-,23+,24+,25-,26-,27?,28?/m1/s1. The lowest BCUT2D eigenvalue weighted by molar-refractivity contribution is -0.311. The Morgan fingerprint density at radius 3 is 1.04 bits per heavy atom. The quantitative estimate of drug-likeness (QED) is 0.183. The minimum absolute atomic E-state index is 0.815. The highest BCUT2D eigenvalue weighted by Crippen LogP contribution is 2.42. The minimum atomic E-state index is -4.44. The molecule has 0 spiro atoms. The molecule has 0 saturated carbocycles. The van der Waals surface area contributed by atoms with E-state index in [0.29, 0.717) is 0 Å². The number of esters is 6. The summed E-state index contributed by atoms with van der Waals surface area (Å²) in [5.74, 6) is -12.2. The van der Waals surface area contributed by atoms with Gasteiger partial charge in [0.05, 0.1) is 0 Å². The van der Waals surface area contributed by atoms with Gasteiger partial charge in [-0.15, -0.1) is 0 Å². The Bertz CT molecular complexity index is 1200. The summed E-state index contributed by atoms with van der Waals surface area (Å²) in [6, 6.07) is -4.05. The molecule has 2 saturated heterocycles. The van der Waals surface area contributed by atoms with Crippen LogP contribution in [0.2, 0.25) is 0 Å². The first-order valence-electron chi connectivity index (χ1n) is 14.8. The first-order chi connectivity index (χ1) is 22.6. The van der Waals surface area contributed by atoms with Crippen molar-refractivity contribution in [2.75, 3.05) is 13.2 Å². The summed E-state index contributed by atoms with van der Waals surface area (Å²) in [5.41, 5.74) is 0. The number of alkyl halides is 2. The second-order valence-electron chi connectivity index (χ2n) is 11.2. The van der Waals surface area contributed by atoms with E-state index in [9.17, 15) is 38.4 Å². The first kappa shape index (κ1) is 40.7. The second-order valence-corrected chi connectivity index (χ2v) is 11.2. The maximum Gasteiger partial charge on any atom is 0.303 e. The van der Waals surface area contributed by atoms with Crippen LogP contribution in [0, 0.1) is 0 Å². The van der Waals surface area contributed by atoms with Crippen LogP contribution in [0.3, 0.4) is 0 Å². The van der Waals surface area contributed by atoms with Crippen molar-refractivity contribution >= 4 is 47.6 Å². The molecule has 276 valence electrons. The highest BCUT2D eigenvalue weighted by molar-refractivity contribution is 5.74. The fourth-order valence-electron chi connectivity index (χ4n) is 5.48. The summed E-state index contributed by atoms with van der Waals surface area (Å²) in [6.45, 7) is 5.97. The molecule has 0 aromatic carbocycles. The lowest BCUT2D eigenvalue weighted by atomic mass is 9.82. The number of rotatable bonds is 12. The van der Waals surface area contributed by atoms with Gasteiger partial charge in [0.25, 0.3) is 0 Å². The Balaban J connectivity index is 2.86. The Labute approximate surface area is 279 Å². The van der Waals surface area contributed by atoms with Crippen LogP contribution in [0.5, 0.6) is 0 Å². The zero-order valence-electron chi connectivity index (χ0n) is 28.0. The molecular weight excluding hydrogens is 670 g/mol. The number of ether oxygens (including phenoxy) is 8. The van der Waals surface area contributed by atoms with Crippen molar-refractivity contribution in [3.05, 3.63) is 0 Å². The van der Waals surface area contributed by atoms with Crippen LogP contribution in [0.4, 0.5) is 8.78 Å². The normalized spacial score (nSPS) is 29.7. The second kappa shape index (κ2) is 17.3. The van der Waals surface area contributed by atoms with Gasteiger partial charge in [0.15, 0.2) is 24.4 Å². The Morgan fingerprint density at radius 2 is 0.796 bits per heavy atom. The molecule has 18 nitrogen and oxygen atoms in total. The van der Waals surface area contributed by atoms with Crippen molar-refractivity contribution in [1.29, 1.82) is 0 Å². The molecule has 0 aliphatic carbocycles. The Morgan fingerprint density at radius 1 is 0.510 bits per heavy atom. The molecule has 0 radical (unpaired) electrons. The summed E-state index contributed by atoms with van der Waals surface area (Å²) in [6.07, 6.45) is -15.9. The average Bonchev–Trinajstić information content (AvgIpc) is 2.93. The van der Waals surface area contributed by atoms with Gasteiger partial charge in [-0.2, -0.15) is 0 Å². The van der Waals surface area contributed by atoms with Crippen LogP contribution in [0.15, 0.2) is 0 Å². The van der Waals surface area contributed by atoms with Crippen molar-refractivity contribution < 1.29 is 85.0 Å². The molecular formula is C29H40F2N2O16. The maximum atomic E-state index is 17.3. The van der Waals surface area contributed by atoms with E-state index >= 15 is 8.78 Å². The fraction of sp³-hybridized carbons (Fsp3) is 0.724. The van der Waals surface area contributed by atoms with Gasteiger partial charge < -0.3 is 48.5 Å². The zero-order chi connectivity index (χ0) is 37.4. The third-order valence-corrected chi connectivity index (χ3v) is 6.99. The number of carbonyl (C=O) groups excluding carboxylic acids is 8. The number of halogens is 2. The van der Waals surface area contributed by atoms with Crippen LogP contribution < -0.4 is 10.6 Å². The lowest BCUT2D eigenvalue weighted by Crippen LogP contribution is -2.76. The lowest BCUT2D eigenvalue weighted by Gasteiger charge is -2.52. The number of carbonyl (C=O) groups is 8. The molecule has 49 heavy (non-hydrogen) atoms. The average molecular weight is 711 g/mol. The van der Waals surface area contributed by atoms with Gasteiger partial charge in [-0.25, -0.2) is 8.78 Å². The largest absolute Gasteiger partial charge is 0.463 e. The van der Waals surface area contributed by atoms with E-state index in [-0.39, 0.29) is 0 Å². The fourth-order valence-corrected chi connectivity index (χ4v) is 5.48. The molecule has 2 rings (SSSR count). The van der Waals surface area contributed by atoms with Crippen LogP contribution in [0.25, 0.3) is 0 Å². The molecule has 2 amide bonds. The highest BCUT2D eigenvalue weighted by Gasteiger charge is 2.66. The molecule has 2 N–H and O–H groups in total. The van der Waals surface area contributed by atoms with Crippen LogP contribution >= 0.6 is 0 Å². The molecule has 0 bridgehead atoms. The van der Waals surface area contributed by atoms with E-state index in [1.165, 1.54) is 0 Å². The molecule has 2 heterocycles. The third-order valence-electron chi connectivity index (χ3n) is 6.99. The SMILES string of the molecule is CC(=O)N[C@H]1C(C(F)(F)C2O[C@H](COC(C)=O)[C@H](OC(C)=O)[C@H](OC(C)=O)[C@H]2NC(C)=O)O[C@H](COC(C)=O)[C@H](OC(C)=O)[C@@H]1OC(C)=O. The Kier molecular flexibility index (Phi) is 14.4. The number of hydrogen-bond donors (Lipinski definition) is 2. The molecule has 2 aliphatic heterocycles. The summed E-state index contributed by atoms with van der Waals surface area (Å²) in [5, 5.41) is 4.44. The third kappa shape index (κ3) is 11.3. The van der Waals surface area contributed by atoms with Crippen LogP contribution in [-0.4, -0.2) is 128 Å². The first-order valence-corrected chi connectivity index (χ1v) is 14.8. The molecule has 2 aliphatic rings. The van der Waals surface area contributed by atoms with Crippen LogP contribution in [0.1, 0.15) is 55.4 Å². The predicted molar refractivity (Wildman–Crippen MR) is 153 cm³/mol. The zero-order valence-corrected chi connectivity index (χ0v) is 28.0. The number of hydrogen-bond acceptors (Lipinski definition) is 16. The van der Waals surface area contributed by atoms with Gasteiger partial charge in [-0.3, -0.25) is 38.4 Å². The van der Waals surface area contributed by atoms with Crippen molar-refractivity contribution in [1.82, 2.24) is 10.6 Å². The van der Waals surface area contributed by atoms with Crippen molar-refractivity contribution in [3.8, 4) is 0 Å². The minimum Gasteiger partial charge on any atom is -0.463 e. The molecule has 2 fully saturated rings. The van der Waals surface area contributed by atoms with Gasteiger partial charge in [-0.1, -0.05) is 0 Å². The van der Waals surface area contributed by atoms with Crippen LogP contribution in [-0.2, 0) is 76.3 Å². The van der Waals surface area contributed by atoms with E-state index in [4.69, 9.17) is 37.9 Å². The smallest absolute Gasteiger partial charge is 0.303 e. The summed E-state index contributed by atoms with van der Waals surface area (Å²) >= 11 is 0. The van der Waals surface area contributed by atoms with E-state index in [1.807, 2.05) is 0 Å². The molecule has 20 heteroatoms. The number of nitrogens with one attached hydrogen (secondary N) is 2. The van der Waals surface area contributed by atoms with Gasteiger partial charge in [0.2, 0.25) is 11.8 Å². The van der Waals surface area contributed by atoms with Gasteiger partial charge in [-0.05, 0) is 0 Å². The maximum absolute atomic E-state index is 17.3. The molecule has 0 aromatic rings. The number of amides is 2. The molecule has 0 aromatic heterocycles. The molecule has 2 unspecified atom stereocenters. The predicted octanol–water partition coefficient (Wildman–Crippen LogP) is -0.981. The van der Waals surface area contributed by atoms with Crippen molar-refractivity contribution in [2.45, 2.75) is 122 Å². The van der Waals surface area contributed by atoms with E-state index in [1.54, 1.807) is 0 Å². The van der Waals surface area contributed by atoms with Gasteiger partial charge >= 0.3 is 41.7 Å². The summed E-state index contributed by atoms with van der Waals surface area (Å²) in [7, 11) is 0. The molecule has 10 atom stereocenters.